The number of esters is 1. The Kier molecular flexibility index (Phi) is 25.3. The molecule has 0 radical (unpaired) electrons. The first kappa shape index (κ1) is 32.7. The highest BCUT2D eigenvalue weighted by atomic mass is 16.5. The molecule has 0 fully saturated rings. The molecule has 1 unspecified atom stereocenters. The minimum absolute atomic E-state index is 0.265. The van der Waals surface area contributed by atoms with Gasteiger partial charge in [0.15, 0.2) is 0 Å². The topological polar surface area (TPSA) is 66.4 Å². The van der Waals surface area contributed by atoms with E-state index in [4.69, 9.17) is 4.74 Å². The van der Waals surface area contributed by atoms with Crippen molar-refractivity contribution in [3.05, 3.63) is 12.2 Å². The lowest BCUT2D eigenvalue weighted by Crippen LogP contribution is -2.29. The van der Waals surface area contributed by atoms with Gasteiger partial charge in [-0.15, -0.1) is 0 Å². The number of rotatable bonds is 26. The summed E-state index contributed by atoms with van der Waals surface area (Å²) in [6, 6.07) is 0. The van der Waals surface area contributed by atoms with Crippen LogP contribution in [0.25, 0.3) is 0 Å². The molecule has 0 aromatic rings. The maximum absolute atomic E-state index is 12.3. The van der Waals surface area contributed by atoms with Gasteiger partial charge in [-0.1, -0.05) is 135 Å². The quantitative estimate of drug-likeness (QED) is 0.0714. The predicted octanol–water partition coefficient (Wildman–Crippen LogP) is 8.07. The molecule has 0 aromatic carbocycles. The summed E-state index contributed by atoms with van der Waals surface area (Å²) < 4.78 is 5.33. The first-order valence-corrected chi connectivity index (χ1v) is 14.6. The zero-order valence-electron chi connectivity index (χ0n) is 22.6. The Hall–Kier alpha value is -1.32. The summed E-state index contributed by atoms with van der Waals surface area (Å²) in [4.78, 5) is 23.3. The normalized spacial score (nSPS) is 12.3. The fourth-order valence-electron chi connectivity index (χ4n) is 4.30. The van der Waals surface area contributed by atoms with E-state index < -0.39 is 17.9 Å². The second-order valence-corrected chi connectivity index (χ2v) is 9.95. The number of allylic oxidation sites excluding steroid dienone is 2. The van der Waals surface area contributed by atoms with Gasteiger partial charge in [-0.25, -0.2) is 0 Å². The van der Waals surface area contributed by atoms with Crippen LogP contribution >= 0.6 is 0 Å². The number of hydrogen-bond acceptors (Lipinski definition) is 4. The summed E-state index contributed by atoms with van der Waals surface area (Å²) in [7, 11) is 0. The molecular formula is C30H55O4-. The largest absolute Gasteiger partial charge is 0.550 e. The van der Waals surface area contributed by atoms with Gasteiger partial charge in [0.1, 0.15) is 0 Å². The van der Waals surface area contributed by atoms with Gasteiger partial charge in [0.2, 0.25) is 0 Å². The Morgan fingerprint density at radius 3 is 1.56 bits per heavy atom. The highest BCUT2D eigenvalue weighted by Crippen LogP contribution is 2.15. The maximum atomic E-state index is 12.3. The van der Waals surface area contributed by atoms with Gasteiger partial charge in [-0.3, -0.25) is 4.79 Å². The van der Waals surface area contributed by atoms with Crippen molar-refractivity contribution in [3.63, 3.8) is 0 Å². The smallest absolute Gasteiger partial charge is 0.309 e. The number of ether oxygens (including phenoxy) is 1. The van der Waals surface area contributed by atoms with E-state index in [1.165, 1.54) is 96.3 Å². The highest BCUT2D eigenvalue weighted by molar-refractivity contribution is 5.78. The van der Waals surface area contributed by atoms with Gasteiger partial charge in [-0.2, -0.15) is 0 Å². The van der Waals surface area contributed by atoms with E-state index in [9.17, 15) is 14.7 Å². The molecule has 0 aliphatic heterocycles. The molecule has 0 bridgehead atoms. The zero-order chi connectivity index (χ0) is 25.1. The van der Waals surface area contributed by atoms with Crippen LogP contribution in [0, 0.1) is 5.92 Å². The molecule has 4 heteroatoms. The Balaban J connectivity index is 3.73. The molecule has 1 atom stereocenters. The van der Waals surface area contributed by atoms with Crippen molar-refractivity contribution >= 4 is 11.9 Å². The van der Waals surface area contributed by atoms with Crippen LogP contribution in [0.3, 0.4) is 0 Å². The number of aliphatic carboxylic acids is 1. The van der Waals surface area contributed by atoms with Gasteiger partial charge >= 0.3 is 5.97 Å². The van der Waals surface area contributed by atoms with E-state index in [1.54, 1.807) is 0 Å². The predicted molar refractivity (Wildman–Crippen MR) is 142 cm³/mol. The fraction of sp³-hybridized carbons (Fsp3) is 0.867. The molecule has 0 saturated heterocycles. The van der Waals surface area contributed by atoms with Crippen molar-refractivity contribution in [3.8, 4) is 0 Å². The van der Waals surface area contributed by atoms with Gasteiger partial charge in [-0.05, 0) is 25.7 Å². The second-order valence-electron chi connectivity index (χ2n) is 9.95. The molecular weight excluding hydrogens is 424 g/mol. The molecule has 34 heavy (non-hydrogen) atoms. The van der Waals surface area contributed by atoms with Crippen LogP contribution in [0.1, 0.15) is 155 Å². The number of carbonyl (C=O) groups excluding carboxylic acids is 2. The average Bonchev–Trinajstić information content (AvgIpc) is 2.82. The molecule has 0 rings (SSSR count). The number of unbranched alkanes of at least 4 members (excludes halogenated alkanes) is 18. The van der Waals surface area contributed by atoms with Crippen molar-refractivity contribution in [2.75, 3.05) is 6.61 Å². The Morgan fingerprint density at radius 2 is 1.09 bits per heavy atom. The van der Waals surface area contributed by atoms with Crippen LogP contribution in [-0.4, -0.2) is 18.5 Å². The summed E-state index contributed by atoms with van der Waals surface area (Å²) in [5.74, 6) is -2.22. The third-order valence-corrected chi connectivity index (χ3v) is 6.55. The molecule has 0 spiro atoms. The Labute approximate surface area is 211 Å². The summed E-state index contributed by atoms with van der Waals surface area (Å²) in [5, 5.41) is 11.0. The Bertz CT molecular complexity index is 486. The van der Waals surface area contributed by atoms with Crippen molar-refractivity contribution < 1.29 is 19.4 Å². The van der Waals surface area contributed by atoms with E-state index >= 15 is 0 Å². The third kappa shape index (κ3) is 23.8. The molecule has 200 valence electrons. The standard InChI is InChI=1S/C30H56O4/c1-3-5-7-9-11-12-13-14-15-16-17-18-19-20-21-23-25-28(27-29(31)32)30(33)34-26-24-22-10-8-6-4-2/h21,23,28H,3-20,22,24-27H2,1-2H3,(H,31,32)/p-1. The van der Waals surface area contributed by atoms with E-state index in [1.807, 2.05) is 6.08 Å². The van der Waals surface area contributed by atoms with Crippen LogP contribution in [-0.2, 0) is 14.3 Å². The molecule has 0 saturated carbocycles. The monoisotopic (exact) mass is 479 g/mol. The van der Waals surface area contributed by atoms with Crippen molar-refractivity contribution in [1.29, 1.82) is 0 Å². The fourth-order valence-corrected chi connectivity index (χ4v) is 4.30. The summed E-state index contributed by atoms with van der Waals surface area (Å²) in [6.07, 6.45) is 29.4. The summed E-state index contributed by atoms with van der Waals surface area (Å²) in [6.45, 7) is 4.84. The van der Waals surface area contributed by atoms with E-state index in [2.05, 4.69) is 19.9 Å². The minimum atomic E-state index is -1.19. The summed E-state index contributed by atoms with van der Waals surface area (Å²) >= 11 is 0. The van der Waals surface area contributed by atoms with Crippen LogP contribution in [0.2, 0.25) is 0 Å². The molecule has 0 N–H and O–H groups in total. The number of hydrogen-bond donors (Lipinski definition) is 0. The molecule has 0 aromatic heterocycles. The molecule has 0 aliphatic rings. The molecule has 0 aliphatic carbocycles. The second kappa shape index (κ2) is 26.3. The lowest BCUT2D eigenvalue weighted by Gasteiger charge is -2.15. The van der Waals surface area contributed by atoms with Gasteiger partial charge < -0.3 is 14.6 Å². The molecule has 0 amide bonds. The maximum Gasteiger partial charge on any atom is 0.309 e. The highest BCUT2D eigenvalue weighted by Gasteiger charge is 2.18. The van der Waals surface area contributed by atoms with Crippen LogP contribution in [0.15, 0.2) is 12.2 Å². The SMILES string of the molecule is CCCCCCCCCCCCCCCC=CCC(CC(=O)[O-])C(=O)OCCCCCCCC. The van der Waals surface area contributed by atoms with Gasteiger partial charge in [0.25, 0.3) is 0 Å². The first-order chi connectivity index (χ1) is 16.6. The van der Waals surface area contributed by atoms with Crippen LogP contribution in [0.4, 0.5) is 0 Å². The zero-order valence-corrected chi connectivity index (χ0v) is 22.6. The number of carboxylic acid groups (broad SMARTS) is 1. The first-order valence-electron chi connectivity index (χ1n) is 14.6. The van der Waals surface area contributed by atoms with E-state index in [0.29, 0.717) is 13.0 Å². The number of carboxylic acids is 1. The van der Waals surface area contributed by atoms with E-state index in [-0.39, 0.29) is 6.42 Å². The van der Waals surface area contributed by atoms with Gasteiger partial charge in [0, 0.05) is 12.4 Å². The minimum Gasteiger partial charge on any atom is -0.550 e. The Morgan fingerprint density at radius 1 is 0.647 bits per heavy atom. The summed E-state index contributed by atoms with van der Waals surface area (Å²) in [5.41, 5.74) is 0. The average molecular weight is 480 g/mol. The van der Waals surface area contributed by atoms with Crippen molar-refractivity contribution in [2.24, 2.45) is 5.92 Å². The number of carbonyl (C=O) groups is 2. The third-order valence-electron chi connectivity index (χ3n) is 6.55. The molecule has 4 nitrogen and oxygen atoms in total. The lowest BCUT2D eigenvalue weighted by molar-refractivity contribution is -0.306. The van der Waals surface area contributed by atoms with Crippen LogP contribution in [0.5, 0.6) is 0 Å². The van der Waals surface area contributed by atoms with Gasteiger partial charge in [0.05, 0.1) is 12.5 Å². The van der Waals surface area contributed by atoms with Crippen molar-refractivity contribution in [1.82, 2.24) is 0 Å². The van der Waals surface area contributed by atoms with Crippen molar-refractivity contribution in [2.45, 2.75) is 155 Å². The van der Waals surface area contributed by atoms with Crippen LogP contribution < -0.4 is 5.11 Å². The molecule has 0 heterocycles. The lowest BCUT2D eigenvalue weighted by atomic mass is 10.0. The van der Waals surface area contributed by atoms with E-state index in [0.717, 1.165) is 32.1 Å².